The van der Waals surface area contributed by atoms with Gasteiger partial charge in [-0.05, 0) is 12.2 Å². The molecule has 0 aromatic carbocycles. The summed E-state index contributed by atoms with van der Waals surface area (Å²) in [6, 6.07) is 0.432. The first-order valence-electron chi connectivity index (χ1n) is 3.32. The number of carboxylic acid groups (broad SMARTS) is 1. The Morgan fingerprint density at radius 2 is 2.60 bits per heavy atom. The lowest BCUT2D eigenvalue weighted by Gasteiger charge is -2.06. The van der Waals surface area contributed by atoms with E-state index in [1.54, 1.807) is 0 Å². The van der Waals surface area contributed by atoms with Crippen LogP contribution in [0.15, 0.2) is 0 Å². The summed E-state index contributed by atoms with van der Waals surface area (Å²) < 4.78 is 0. The van der Waals surface area contributed by atoms with Crippen molar-refractivity contribution in [1.29, 1.82) is 0 Å². The third-order valence-electron chi connectivity index (χ3n) is 1.47. The van der Waals surface area contributed by atoms with Crippen molar-refractivity contribution in [1.82, 2.24) is 5.32 Å². The molecule has 58 valence electrons. The molecule has 4 heteroatoms. The van der Waals surface area contributed by atoms with Gasteiger partial charge in [0.05, 0.1) is 6.54 Å². The number of aliphatic carboxylic acids is 1. The second-order valence-corrected chi connectivity index (χ2v) is 3.48. The van der Waals surface area contributed by atoms with Crippen molar-refractivity contribution in [3.05, 3.63) is 0 Å². The van der Waals surface area contributed by atoms with E-state index in [4.69, 9.17) is 5.11 Å². The summed E-state index contributed by atoms with van der Waals surface area (Å²) >= 11 is 1.88. The van der Waals surface area contributed by atoms with Crippen LogP contribution in [-0.4, -0.2) is 35.2 Å². The van der Waals surface area contributed by atoms with Crippen molar-refractivity contribution in [2.75, 3.05) is 18.1 Å². The Hall–Kier alpha value is -0.220. The van der Waals surface area contributed by atoms with Crippen LogP contribution in [0.3, 0.4) is 0 Å². The predicted octanol–water partition coefficient (Wildman–Crippen LogP) is 0.166. The van der Waals surface area contributed by atoms with Gasteiger partial charge in [0, 0.05) is 11.8 Å². The van der Waals surface area contributed by atoms with Crippen LogP contribution >= 0.6 is 11.8 Å². The Labute approximate surface area is 64.2 Å². The van der Waals surface area contributed by atoms with Gasteiger partial charge in [0.1, 0.15) is 0 Å². The molecule has 10 heavy (non-hydrogen) atoms. The highest BCUT2D eigenvalue weighted by Gasteiger charge is 2.14. The molecule has 0 aromatic rings. The largest absolute Gasteiger partial charge is 0.480 e. The maximum absolute atomic E-state index is 10.1. The Morgan fingerprint density at radius 3 is 3.10 bits per heavy atom. The fourth-order valence-corrected chi connectivity index (χ4v) is 2.11. The maximum atomic E-state index is 10.1. The van der Waals surface area contributed by atoms with Gasteiger partial charge < -0.3 is 10.4 Å². The molecular weight excluding hydrogens is 150 g/mol. The van der Waals surface area contributed by atoms with Crippen molar-refractivity contribution in [2.45, 2.75) is 12.5 Å². The third-order valence-corrected chi connectivity index (χ3v) is 2.63. The van der Waals surface area contributed by atoms with Crippen LogP contribution < -0.4 is 5.32 Å². The van der Waals surface area contributed by atoms with Crippen LogP contribution in [0, 0.1) is 0 Å². The predicted molar refractivity (Wildman–Crippen MR) is 41.4 cm³/mol. The fraction of sp³-hybridized carbons (Fsp3) is 0.833. The Balaban J connectivity index is 2.07. The number of carboxylic acids is 1. The number of hydrogen-bond donors (Lipinski definition) is 2. The van der Waals surface area contributed by atoms with Crippen LogP contribution in [0.25, 0.3) is 0 Å². The molecule has 0 amide bonds. The molecule has 1 fully saturated rings. The van der Waals surface area contributed by atoms with Gasteiger partial charge in [0.25, 0.3) is 0 Å². The topological polar surface area (TPSA) is 49.3 Å². The number of thioether (sulfide) groups is 1. The van der Waals surface area contributed by atoms with Gasteiger partial charge >= 0.3 is 5.97 Å². The summed E-state index contributed by atoms with van der Waals surface area (Å²) in [5.41, 5.74) is 0. The first-order chi connectivity index (χ1) is 4.79. The fourth-order valence-electron chi connectivity index (χ4n) is 0.927. The van der Waals surface area contributed by atoms with E-state index in [-0.39, 0.29) is 6.54 Å². The molecule has 0 saturated carbocycles. The van der Waals surface area contributed by atoms with E-state index in [0.29, 0.717) is 6.04 Å². The molecule has 1 saturated heterocycles. The standard InChI is InChI=1S/C6H11NO2S/c8-6(9)3-7-5-1-2-10-4-5/h5,7H,1-4H2,(H,8,9). The van der Waals surface area contributed by atoms with Crippen LogP contribution in [-0.2, 0) is 4.79 Å². The number of hydrogen-bond acceptors (Lipinski definition) is 3. The first-order valence-corrected chi connectivity index (χ1v) is 4.47. The second-order valence-electron chi connectivity index (χ2n) is 2.34. The molecule has 0 radical (unpaired) electrons. The highest BCUT2D eigenvalue weighted by molar-refractivity contribution is 7.99. The minimum atomic E-state index is -0.767. The molecule has 0 spiro atoms. The normalized spacial score (nSPS) is 25.0. The zero-order chi connectivity index (χ0) is 7.40. The lowest BCUT2D eigenvalue weighted by molar-refractivity contribution is -0.136. The van der Waals surface area contributed by atoms with Crippen molar-refractivity contribution in [3.63, 3.8) is 0 Å². The van der Waals surface area contributed by atoms with Gasteiger partial charge in [0.15, 0.2) is 0 Å². The average molecular weight is 161 g/mol. The quantitative estimate of drug-likeness (QED) is 0.619. The van der Waals surface area contributed by atoms with Gasteiger partial charge in [-0.25, -0.2) is 0 Å². The number of nitrogens with one attached hydrogen (secondary N) is 1. The highest BCUT2D eigenvalue weighted by atomic mass is 32.2. The third kappa shape index (κ3) is 2.58. The minimum absolute atomic E-state index is 0.102. The zero-order valence-electron chi connectivity index (χ0n) is 5.67. The van der Waals surface area contributed by atoms with E-state index in [9.17, 15) is 4.79 Å². The average Bonchev–Trinajstić information content (AvgIpc) is 2.34. The van der Waals surface area contributed by atoms with E-state index in [0.717, 1.165) is 17.9 Å². The molecule has 3 nitrogen and oxygen atoms in total. The Bertz CT molecular complexity index is 123. The molecule has 2 N–H and O–H groups in total. The lowest BCUT2D eigenvalue weighted by atomic mass is 10.3. The summed E-state index contributed by atoms with van der Waals surface area (Å²) in [5, 5.41) is 11.3. The van der Waals surface area contributed by atoms with Crippen molar-refractivity contribution >= 4 is 17.7 Å². The molecule has 1 rings (SSSR count). The Kier molecular flexibility index (Phi) is 3.02. The molecule has 1 atom stereocenters. The molecule has 1 aliphatic rings. The van der Waals surface area contributed by atoms with Crippen LogP contribution in [0.4, 0.5) is 0 Å². The Morgan fingerprint density at radius 1 is 1.80 bits per heavy atom. The van der Waals surface area contributed by atoms with E-state index >= 15 is 0 Å². The molecular formula is C6H11NO2S. The van der Waals surface area contributed by atoms with Crippen LogP contribution in [0.2, 0.25) is 0 Å². The molecule has 1 aliphatic heterocycles. The van der Waals surface area contributed by atoms with Crippen molar-refractivity contribution in [3.8, 4) is 0 Å². The minimum Gasteiger partial charge on any atom is -0.480 e. The molecule has 0 aliphatic carbocycles. The van der Waals surface area contributed by atoms with E-state index in [1.807, 2.05) is 11.8 Å². The van der Waals surface area contributed by atoms with Crippen molar-refractivity contribution in [2.24, 2.45) is 0 Å². The summed E-state index contributed by atoms with van der Waals surface area (Å²) in [6.07, 6.45) is 1.11. The van der Waals surface area contributed by atoms with Crippen LogP contribution in [0.5, 0.6) is 0 Å². The number of carbonyl (C=O) groups is 1. The highest BCUT2D eigenvalue weighted by Crippen LogP contribution is 2.16. The van der Waals surface area contributed by atoms with E-state index < -0.39 is 5.97 Å². The molecule has 1 unspecified atom stereocenters. The second kappa shape index (κ2) is 3.83. The lowest BCUT2D eigenvalue weighted by Crippen LogP contribution is -2.33. The molecule has 1 heterocycles. The monoisotopic (exact) mass is 161 g/mol. The van der Waals surface area contributed by atoms with Gasteiger partial charge in [-0.3, -0.25) is 4.79 Å². The summed E-state index contributed by atoms with van der Waals surface area (Å²) in [5.74, 6) is 1.46. The smallest absolute Gasteiger partial charge is 0.317 e. The van der Waals surface area contributed by atoms with Gasteiger partial charge in [-0.15, -0.1) is 0 Å². The van der Waals surface area contributed by atoms with E-state index in [1.165, 1.54) is 0 Å². The SMILES string of the molecule is O=C(O)CNC1CCSC1. The zero-order valence-corrected chi connectivity index (χ0v) is 6.49. The van der Waals surface area contributed by atoms with Gasteiger partial charge in [0.2, 0.25) is 0 Å². The van der Waals surface area contributed by atoms with Gasteiger partial charge in [-0.2, -0.15) is 11.8 Å². The van der Waals surface area contributed by atoms with Gasteiger partial charge in [-0.1, -0.05) is 0 Å². The summed E-state index contributed by atoms with van der Waals surface area (Å²) in [4.78, 5) is 10.1. The maximum Gasteiger partial charge on any atom is 0.317 e. The van der Waals surface area contributed by atoms with Crippen LogP contribution in [0.1, 0.15) is 6.42 Å². The van der Waals surface area contributed by atoms with E-state index in [2.05, 4.69) is 5.32 Å². The molecule has 0 aromatic heterocycles. The summed E-state index contributed by atoms with van der Waals surface area (Å²) in [7, 11) is 0. The number of rotatable bonds is 3. The van der Waals surface area contributed by atoms with Crippen molar-refractivity contribution < 1.29 is 9.90 Å². The first kappa shape index (κ1) is 7.88. The molecule has 0 bridgehead atoms. The summed E-state index contributed by atoms with van der Waals surface area (Å²) in [6.45, 7) is 0.102.